The second kappa shape index (κ2) is 19.3. The minimum atomic E-state index is -2.45. The summed E-state index contributed by atoms with van der Waals surface area (Å²) in [6, 6.07) is 22.3. The topological polar surface area (TPSA) is 253 Å². The maximum atomic E-state index is 15.6. The van der Waals surface area contributed by atoms with Gasteiger partial charge in [-0.15, -0.1) is 12.4 Å². The summed E-state index contributed by atoms with van der Waals surface area (Å²) in [4.78, 5) is 97.9. The molecule has 18 heteroatoms. The number of hydrogen-bond acceptors (Lipinski definition) is 16. The number of halogens is 1. The number of rotatable bonds is 12. The van der Waals surface area contributed by atoms with Gasteiger partial charge in [-0.1, -0.05) is 80.6 Å². The number of nitrogens with two attached hydrogens (primary N) is 1. The van der Waals surface area contributed by atoms with E-state index in [0.717, 1.165) is 13.8 Å². The Morgan fingerprint density at radius 1 is 0.836 bits per heavy atom. The fourth-order valence-corrected chi connectivity index (χ4v) is 10.5. The smallest absolute Gasteiger partial charge is 0.350 e. The molecular formula is C49H55ClN2O15. The molecule has 17 nitrogen and oxygen atoms in total. The molecule has 11 atom stereocenters. The molecule has 5 N–H and O–H groups in total. The highest BCUT2D eigenvalue weighted by atomic mass is 35.5. The van der Waals surface area contributed by atoms with Crippen LogP contribution in [0.5, 0.6) is 0 Å². The molecule has 67 heavy (non-hydrogen) atoms. The van der Waals surface area contributed by atoms with Crippen LogP contribution in [0.2, 0.25) is 0 Å². The average Bonchev–Trinajstić information content (AvgIpc) is 3.28. The SMILES string of the molecule is CC(=O)O[C@H]1C(=O)[C@@]2(C)C([C@H](OC(=O)c3ccccc3)[C@]3(O)C[C@H](OC(=O)[C@H](OC(=O)c4ccccc4)[C@@H](NC(=O)CN)c4ccccc4)C(C)=C1C3(C)C)[C@]1(OC(C)=O)CO[C@@H]1C[C@@H]2O.Cl. The molecule has 1 unspecified atom stereocenters. The summed E-state index contributed by atoms with van der Waals surface area (Å²) in [7, 11) is 0. The molecular weight excluding hydrogens is 892 g/mol. The van der Waals surface area contributed by atoms with Crippen molar-refractivity contribution in [1.29, 1.82) is 0 Å². The highest BCUT2D eigenvalue weighted by molar-refractivity contribution is 5.96. The molecule has 3 aliphatic carbocycles. The molecule has 0 aromatic heterocycles. The molecule has 0 radical (unpaired) electrons. The van der Waals surface area contributed by atoms with Gasteiger partial charge in [0.2, 0.25) is 12.0 Å². The van der Waals surface area contributed by atoms with Gasteiger partial charge in [-0.25, -0.2) is 14.4 Å². The Kier molecular flexibility index (Phi) is 14.5. The first-order chi connectivity index (χ1) is 31.2. The molecule has 1 aliphatic heterocycles. The fourth-order valence-electron chi connectivity index (χ4n) is 10.5. The van der Waals surface area contributed by atoms with Gasteiger partial charge in [-0.2, -0.15) is 0 Å². The Bertz CT molecular complexity index is 2430. The lowest BCUT2D eigenvalue weighted by Gasteiger charge is -2.67. The molecule has 4 aliphatic rings. The number of amides is 1. The predicted molar refractivity (Wildman–Crippen MR) is 238 cm³/mol. The third-order valence-electron chi connectivity index (χ3n) is 13.9. The van der Waals surface area contributed by atoms with Crippen LogP contribution in [0.3, 0.4) is 0 Å². The normalized spacial score (nSPS) is 30.1. The van der Waals surface area contributed by atoms with Crippen LogP contribution >= 0.6 is 12.4 Å². The van der Waals surface area contributed by atoms with E-state index < -0.39 is 125 Å². The number of benzene rings is 3. The van der Waals surface area contributed by atoms with Crippen molar-refractivity contribution in [2.75, 3.05) is 13.2 Å². The molecule has 0 spiro atoms. The van der Waals surface area contributed by atoms with Crippen molar-refractivity contribution in [3.8, 4) is 0 Å². The first kappa shape index (κ1) is 50.4. The lowest BCUT2D eigenvalue weighted by atomic mass is 9.44. The van der Waals surface area contributed by atoms with E-state index in [-0.39, 0.29) is 47.7 Å². The first-order valence-electron chi connectivity index (χ1n) is 21.6. The summed E-state index contributed by atoms with van der Waals surface area (Å²) >= 11 is 0. The van der Waals surface area contributed by atoms with E-state index in [1.165, 1.54) is 38.1 Å². The highest BCUT2D eigenvalue weighted by Crippen LogP contribution is 2.64. The molecule has 3 aromatic carbocycles. The molecule has 1 amide bonds. The Morgan fingerprint density at radius 2 is 1.40 bits per heavy atom. The third-order valence-corrected chi connectivity index (χ3v) is 13.9. The van der Waals surface area contributed by atoms with Crippen LogP contribution < -0.4 is 11.1 Å². The van der Waals surface area contributed by atoms with Crippen molar-refractivity contribution in [2.45, 2.75) is 108 Å². The summed E-state index contributed by atoms with van der Waals surface area (Å²) in [6.45, 7) is 7.36. The van der Waals surface area contributed by atoms with E-state index in [9.17, 15) is 39.0 Å². The van der Waals surface area contributed by atoms with Crippen LogP contribution in [0.1, 0.15) is 86.7 Å². The Balaban J connectivity index is 0.00000741. The second-order valence-electron chi connectivity index (χ2n) is 18.0. The number of fused-ring (bicyclic) bond motifs is 5. The van der Waals surface area contributed by atoms with Gasteiger partial charge in [0.25, 0.3) is 0 Å². The maximum Gasteiger partial charge on any atom is 0.350 e. The number of aliphatic hydroxyl groups is 2. The Morgan fingerprint density at radius 3 is 1.93 bits per heavy atom. The number of hydrogen-bond donors (Lipinski definition) is 4. The first-order valence-corrected chi connectivity index (χ1v) is 21.6. The number of ketones is 1. The van der Waals surface area contributed by atoms with Gasteiger partial charge in [-0.3, -0.25) is 19.2 Å². The van der Waals surface area contributed by atoms with E-state index in [2.05, 4.69) is 5.32 Å². The highest BCUT2D eigenvalue weighted by Gasteiger charge is 2.78. The van der Waals surface area contributed by atoms with Crippen molar-refractivity contribution >= 4 is 53.9 Å². The summed E-state index contributed by atoms with van der Waals surface area (Å²) in [5.74, 6) is -8.04. The quantitative estimate of drug-likeness (QED) is 0.115. The molecule has 2 saturated carbocycles. The van der Waals surface area contributed by atoms with Gasteiger partial charge in [-0.05, 0) is 54.8 Å². The van der Waals surface area contributed by atoms with Crippen LogP contribution in [-0.2, 0) is 52.4 Å². The molecule has 7 rings (SSSR count). The molecule has 2 bridgehead atoms. The number of aliphatic hydroxyl groups excluding tert-OH is 1. The summed E-state index contributed by atoms with van der Waals surface area (Å²) < 4.78 is 36.5. The van der Waals surface area contributed by atoms with E-state index in [1.54, 1.807) is 80.6 Å². The number of nitrogens with one attached hydrogen (secondary N) is 1. The van der Waals surface area contributed by atoms with Gasteiger partial charge in [0.05, 0.1) is 41.7 Å². The van der Waals surface area contributed by atoms with Crippen molar-refractivity contribution in [1.82, 2.24) is 5.32 Å². The minimum Gasteiger partial charge on any atom is -0.455 e. The van der Waals surface area contributed by atoms with Gasteiger partial charge >= 0.3 is 29.8 Å². The fraction of sp³-hybridized carbons (Fsp3) is 0.449. The molecule has 3 aromatic rings. The monoisotopic (exact) mass is 946 g/mol. The predicted octanol–water partition coefficient (Wildman–Crippen LogP) is 3.67. The Labute approximate surface area is 393 Å². The summed E-state index contributed by atoms with van der Waals surface area (Å²) in [6.07, 6.45) is -10.7. The molecule has 1 saturated heterocycles. The number of esters is 5. The zero-order valence-electron chi connectivity index (χ0n) is 37.8. The zero-order valence-corrected chi connectivity index (χ0v) is 38.6. The number of carbonyl (C=O) groups excluding carboxylic acids is 7. The van der Waals surface area contributed by atoms with Crippen LogP contribution in [0.4, 0.5) is 0 Å². The Hall–Kier alpha value is -5.98. The van der Waals surface area contributed by atoms with Crippen molar-refractivity contribution in [3.05, 3.63) is 119 Å². The van der Waals surface area contributed by atoms with Crippen LogP contribution in [0.25, 0.3) is 0 Å². The van der Waals surface area contributed by atoms with E-state index in [0.29, 0.717) is 5.56 Å². The molecule has 3 fully saturated rings. The van der Waals surface area contributed by atoms with Crippen LogP contribution in [0, 0.1) is 16.7 Å². The van der Waals surface area contributed by atoms with Gasteiger partial charge in [0.1, 0.15) is 30.0 Å². The molecule has 1 heterocycles. The standard InChI is InChI=1S/C49H54N2O15.ClH/c1-26-32(63-45(59)39(64-43(57)30-18-12-8-13-19-30)37(51-35(55)24-50)29-16-10-7-11-17-29)23-49(60)42(65-44(58)31-20-14-9-15-21-31)40-47(6,33(54)22-34-48(40,25-61-34)66-28(3)53)41(56)38(62-27(2)52)36(26)46(49,4)5;/h7-21,32-34,37-40,42,54,60H,22-25,50H2,1-6H3,(H,51,55);1H/t32-,33-,34+,37-,38+,39+,40?,42-,47+,48-,49+;/m0./s1. The lowest BCUT2D eigenvalue weighted by molar-refractivity contribution is -0.346. The van der Waals surface area contributed by atoms with Gasteiger partial charge in [0.15, 0.2) is 17.5 Å². The minimum absolute atomic E-state index is 0. The third kappa shape index (κ3) is 8.86. The average molecular weight is 947 g/mol. The largest absolute Gasteiger partial charge is 0.455 e. The lowest BCUT2D eigenvalue weighted by Crippen LogP contribution is -2.82. The number of Topliss-reactive ketones (excluding diaryl/α,β-unsaturated/α-hetero) is 1. The zero-order chi connectivity index (χ0) is 47.9. The van der Waals surface area contributed by atoms with Gasteiger partial charge in [0, 0.05) is 32.1 Å². The van der Waals surface area contributed by atoms with E-state index >= 15 is 4.79 Å². The maximum absolute atomic E-state index is 15.6. The van der Waals surface area contributed by atoms with Crippen molar-refractivity contribution < 1.29 is 72.2 Å². The van der Waals surface area contributed by atoms with Crippen LogP contribution in [0.15, 0.2) is 102 Å². The van der Waals surface area contributed by atoms with Crippen molar-refractivity contribution in [2.24, 2.45) is 22.5 Å². The summed E-state index contributed by atoms with van der Waals surface area (Å²) in [5.41, 5.74) is -1.83. The van der Waals surface area contributed by atoms with Crippen LogP contribution in [-0.4, -0.2) is 113 Å². The number of ether oxygens (including phenoxy) is 6. The number of carbonyl (C=O) groups is 7. The van der Waals surface area contributed by atoms with Gasteiger partial charge < -0.3 is 49.7 Å². The van der Waals surface area contributed by atoms with E-state index in [1.807, 2.05) is 0 Å². The van der Waals surface area contributed by atoms with E-state index in [4.69, 9.17) is 34.2 Å². The second-order valence-corrected chi connectivity index (χ2v) is 18.0. The summed E-state index contributed by atoms with van der Waals surface area (Å²) in [5, 5.41) is 28.6. The molecule has 358 valence electrons. The van der Waals surface area contributed by atoms with Crippen molar-refractivity contribution in [3.63, 3.8) is 0 Å².